The highest BCUT2D eigenvalue weighted by molar-refractivity contribution is 6.35. The second-order valence-corrected chi connectivity index (χ2v) is 6.27. The Morgan fingerprint density at radius 2 is 2.18 bits per heavy atom. The van der Waals surface area contributed by atoms with Gasteiger partial charge in [0.2, 0.25) is 11.8 Å². The van der Waals surface area contributed by atoms with E-state index in [2.05, 4.69) is 5.32 Å². The van der Waals surface area contributed by atoms with Gasteiger partial charge in [0.25, 0.3) is 0 Å². The molecule has 1 aromatic rings. The summed E-state index contributed by atoms with van der Waals surface area (Å²) < 4.78 is 0. The molecule has 1 aliphatic rings. The van der Waals surface area contributed by atoms with E-state index in [4.69, 9.17) is 23.2 Å². The normalized spacial score (nSPS) is 16.6. The van der Waals surface area contributed by atoms with E-state index in [1.54, 1.807) is 17.0 Å². The van der Waals surface area contributed by atoms with Gasteiger partial charge in [-0.2, -0.15) is 0 Å². The van der Waals surface area contributed by atoms with Crippen LogP contribution in [-0.2, 0) is 9.59 Å². The fourth-order valence-electron chi connectivity index (χ4n) is 2.38. The van der Waals surface area contributed by atoms with Crippen LogP contribution in [0.4, 0.5) is 0 Å². The maximum absolute atomic E-state index is 12.3. The van der Waals surface area contributed by atoms with Gasteiger partial charge in [0.15, 0.2) is 0 Å². The average Bonchev–Trinajstić information content (AvgIpc) is 2.46. The Bertz CT molecular complexity index is 580. The van der Waals surface area contributed by atoms with Crippen LogP contribution in [0, 0.1) is 0 Å². The largest absolute Gasteiger partial charge is 0.353 e. The first-order valence-electron chi connectivity index (χ1n) is 7.08. The molecule has 120 valence electrons. The molecule has 1 N–H and O–H groups in total. The first kappa shape index (κ1) is 17.1. The van der Waals surface area contributed by atoms with Crippen molar-refractivity contribution >= 4 is 35.0 Å². The van der Waals surface area contributed by atoms with Gasteiger partial charge in [0.1, 0.15) is 0 Å². The third kappa shape index (κ3) is 4.12. The molecule has 7 heteroatoms. The summed E-state index contributed by atoms with van der Waals surface area (Å²) in [5, 5.41) is 3.87. The number of amides is 2. The Morgan fingerprint density at radius 1 is 1.45 bits per heavy atom. The fraction of sp³-hybridized carbons (Fsp3) is 0.467. The van der Waals surface area contributed by atoms with Crippen LogP contribution in [0.3, 0.4) is 0 Å². The molecule has 0 spiro atoms. The summed E-state index contributed by atoms with van der Waals surface area (Å²) in [6.07, 6.45) is 0. The van der Waals surface area contributed by atoms with Crippen molar-refractivity contribution < 1.29 is 9.59 Å². The number of halogens is 2. The SMILES string of the molecule is CC(c1ccc(Cl)cc1Cl)N(C)CC(=O)N1CCNC(=O)C1. The minimum absolute atomic E-state index is 0.0349. The second kappa shape index (κ2) is 7.31. The van der Waals surface area contributed by atoms with Gasteiger partial charge in [-0.1, -0.05) is 29.3 Å². The van der Waals surface area contributed by atoms with Crippen molar-refractivity contribution in [2.75, 3.05) is 33.2 Å². The molecule has 1 heterocycles. The van der Waals surface area contributed by atoms with Crippen LogP contribution in [0.5, 0.6) is 0 Å². The quantitative estimate of drug-likeness (QED) is 0.908. The molecule has 1 fully saturated rings. The number of nitrogens with zero attached hydrogens (tertiary/aromatic N) is 2. The zero-order chi connectivity index (χ0) is 16.3. The monoisotopic (exact) mass is 343 g/mol. The first-order valence-corrected chi connectivity index (χ1v) is 7.83. The van der Waals surface area contributed by atoms with Crippen LogP contribution < -0.4 is 5.32 Å². The van der Waals surface area contributed by atoms with Gasteiger partial charge in [0, 0.05) is 29.2 Å². The fourth-order valence-corrected chi connectivity index (χ4v) is 2.95. The number of hydrogen-bond acceptors (Lipinski definition) is 3. The molecule has 0 saturated carbocycles. The molecule has 1 atom stereocenters. The van der Waals surface area contributed by atoms with Crippen LogP contribution in [0.2, 0.25) is 10.0 Å². The van der Waals surface area contributed by atoms with Crippen molar-refractivity contribution in [3.8, 4) is 0 Å². The van der Waals surface area contributed by atoms with Gasteiger partial charge >= 0.3 is 0 Å². The molecule has 1 saturated heterocycles. The smallest absolute Gasteiger partial charge is 0.239 e. The summed E-state index contributed by atoms with van der Waals surface area (Å²) in [5.74, 6) is -0.176. The molecule has 0 radical (unpaired) electrons. The van der Waals surface area contributed by atoms with E-state index in [0.717, 1.165) is 5.56 Å². The molecule has 0 aliphatic carbocycles. The molecular formula is C15H19Cl2N3O2. The zero-order valence-corrected chi connectivity index (χ0v) is 14.1. The molecule has 1 aromatic carbocycles. The lowest BCUT2D eigenvalue weighted by molar-refractivity contribution is -0.139. The molecule has 0 bridgehead atoms. The summed E-state index contributed by atoms with van der Waals surface area (Å²) in [5.41, 5.74) is 0.915. The predicted molar refractivity (Wildman–Crippen MR) is 87.1 cm³/mol. The molecule has 22 heavy (non-hydrogen) atoms. The van der Waals surface area contributed by atoms with Crippen molar-refractivity contribution in [2.45, 2.75) is 13.0 Å². The highest BCUT2D eigenvalue weighted by Gasteiger charge is 2.24. The van der Waals surface area contributed by atoms with Crippen molar-refractivity contribution in [1.82, 2.24) is 15.1 Å². The Labute approximate surface area is 140 Å². The number of rotatable bonds is 4. The average molecular weight is 344 g/mol. The number of likely N-dealkylation sites (N-methyl/N-ethyl adjacent to an activating group) is 1. The number of hydrogen-bond donors (Lipinski definition) is 1. The summed E-state index contributed by atoms with van der Waals surface area (Å²) >= 11 is 12.1. The minimum atomic E-state index is -0.115. The Balaban J connectivity index is 2.00. The summed E-state index contributed by atoms with van der Waals surface area (Å²) in [4.78, 5) is 27.1. The molecule has 1 aliphatic heterocycles. The van der Waals surface area contributed by atoms with Crippen LogP contribution in [-0.4, -0.2) is 54.8 Å². The van der Waals surface area contributed by atoms with Crippen LogP contribution in [0.25, 0.3) is 0 Å². The van der Waals surface area contributed by atoms with E-state index >= 15 is 0 Å². The second-order valence-electron chi connectivity index (χ2n) is 5.42. The summed E-state index contributed by atoms with van der Waals surface area (Å²) in [6.45, 7) is 3.39. The van der Waals surface area contributed by atoms with Gasteiger partial charge in [0.05, 0.1) is 13.1 Å². The van der Waals surface area contributed by atoms with Crippen molar-refractivity contribution in [1.29, 1.82) is 0 Å². The van der Waals surface area contributed by atoms with Crippen molar-refractivity contribution in [3.63, 3.8) is 0 Å². The van der Waals surface area contributed by atoms with Crippen LogP contribution in [0.15, 0.2) is 18.2 Å². The molecule has 1 unspecified atom stereocenters. The van der Waals surface area contributed by atoms with Crippen LogP contribution in [0.1, 0.15) is 18.5 Å². The summed E-state index contributed by atoms with van der Waals surface area (Å²) in [7, 11) is 1.86. The van der Waals surface area contributed by atoms with Crippen molar-refractivity contribution in [2.24, 2.45) is 0 Å². The zero-order valence-electron chi connectivity index (χ0n) is 12.6. The standard InChI is InChI=1S/C15H19Cl2N3O2/c1-10(12-4-3-11(16)7-13(12)17)19(2)9-15(22)20-6-5-18-14(21)8-20/h3-4,7,10H,5-6,8-9H2,1-2H3,(H,18,21). The molecule has 0 aromatic heterocycles. The number of carbonyl (C=O) groups excluding carboxylic acids is 2. The van der Waals surface area contributed by atoms with Gasteiger partial charge in [-0.25, -0.2) is 0 Å². The van der Waals surface area contributed by atoms with E-state index in [9.17, 15) is 9.59 Å². The van der Waals surface area contributed by atoms with E-state index in [1.165, 1.54) is 0 Å². The number of carbonyl (C=O) groups is 2. The lowest BCUT2D eigenvalue weighted by Gasteiger charge is -2.31. The maximum Gasteiger partial charge on any atom is 0.239 e. The number of nitrogens with one attached hydrogen (secondary N) is 1. The third-order valence-electron chi connectivity index (χ3n) is 3.85. The van der Waals surface area contributed by atoms with Gasteiger partial charge in [-0.3, -0.25) is 14.5 Å². The predicted octanol–water partition coefficient (Wildman–Crippen LogP) is 1.94. The van der Waals surface area contributed by atoms with E-state index in [0.29, 0.717) is 23.1 Å². The Kier molecular flexibility index (Phi) is 5.67. The molecular weight excluding hydrogens is 325 g/mol. The van der Waals surface area contributed by atoms with Gasteiger partial charge in [-0.15, -0.1) is 0 Å². The lowest BCUT2D eigenvalue weighted by atomic mass is 10.1. The van der Waals surface area contributed by atoms with Gasteiger partial charge in [-0.05, 0) is 31.7 Å². The van der Waals surface area contributed by atoms with Gasteiger partial charge < -0.3 is 10.2 Å². The van der Waals surface area contributed by atoms with E-state index in [1.807, 2.05) is 24.9 Å². The number of benzene rings is 1. The Morgan fingerprint density at radius 3 is 2.82 bits per heavy atom. The summed E-state index contributed by atoms with van der Waals surface area (Å²) in [6, 6.07) is 5.31. The highest BCUT2D eigenvalue weighted by Crippen LogP contribution is 2.28. The molecule has 5 nitrogen and oxygen atoms in total. The van der Waals surface area contributed by atoms with Crippen LogP contribution >= 0.6 is 23.2 Å². The lowest BCUT2D eigenvalue weighted by Crippen LogP contribution is -2.52. The topological polar surface area (TPSA) is 52.7 Å². The third-order valence-corrected chi connectivity index (χ3v) is 4.41. The maximum atomic E-state index is 12.3. The first-order chi connectivity index (χ1) is 10.4. The molecule has 2 amide bonds. The van der Waals surface area contributed by atoms with E-state index < -0.39 is 0 Å². The molecule has 2 rings (SSSR count). The Hall–Kier alpha value is -1.30. The number of piperazine rings is 1. The van der Waals surface area contributed by atoms with Crippen molar-refractivity contribution in [3.05, 3.63) is 33.8 Å². The minimum Gasteiger partial charge on any atom is -0.353 e. The van der Waals surface area contributed by atoms with E-state index in [-0.39, 0.29) is 30.9 Å². The highest BCUT2D eigenvalue weighted by atomic mass is 35.5.